The first-order valence-corrected chi connectivity index (χ1v) is 10.5. The Kier molecular flexibility index (Phi) is 5.85. The number of aryl methyl sites for hydroxylation is 1. The van der Waals surface area contributed by atoms with Gasteiger partial charge in [-0.2, -0.15) is 5.26 Å². The Hall–Kier alpha value is -3.05. The van der Waals surface area contributed by atoms with Crippen LogP contribution in [-0.4, -0.2) is 31.5 Å². The Labute approximate surface area is 166 Å². The van der Waals surface area contributed by atoms with Gasteiger partial charge >= 0.3 is 0 Å². The third-order valence-electron chi connectivity index (χ3n) is 3.79. The minimum absolute atomic E-state index is 0.0932. The fourth-order valence-electron chi connectivity index (χ4n) is 2.80. The predicted octanol–water partition coefficient (Wildman–Crippen LogP) is 3.61. The average molecular weight is 395 g/mol. The van der Waals surface area contributed by atoms with Crippen LogP contribution in [0.3, 0.4) is 0 Å². The van der Waals surface area contributed by atoms with Gasteiger partial charge in [-0.15, -0.1) is 0 Å². The molecule has 0 aliphatic rings. The third kappa shape index (κ3) is 4.61. The molecule has 144 valence electrons. The van der Waals surface area contributed by atoms with Crippen LogP contribution in [0.5, 0.6) is 5.75 Å². The molecule has 2 aromatic heterocycles. The number of nitrogens with zero attached hydrogens (tertiary/aromatic N) is 4. The van der Waals surface area contributed by atoms with Crippen LogP contribution in [0.15, 0.2) is 30.5 Å². The molecule has 0 amide bonds. The fraction of sp³-hybridized carbons (Fsp3) is 0.300. The van der Waals surface area contributed by atoms with Gasteiger partial charge in [-0.3, -0.25) is 9.19 Å². The van der Waals surface area contributed by atoms with E-state index in [1.807, 2.05) is 32.9 Å². The zero-order valence-corrected chi connectivity index (χ0v) is 17.0. The van der Waals surface area contributed by atoms with Crippen molar-refractivity contribution >= 4 is 33.3 Å². The van der Waals surface area contributed by atoms with Gasteiger partial charge in [-0.25, -0.2) is 9.97 Å². The summed E-state index contributed by atoms with van der Waals surface area (Å²) < 4.78 is 17.4. The lowest BCUT2D eigenvalue weighted by molar-refractivity contribution is 0.244. The highest BCUT2D eigenvalue weighted by Crippen LogP contribution is 2.30. The highest BCUT2D eigenvalue weighted by Gasteiger charge is 2.14. The molecule has 0 fully saturated rings. The molecule has 0 saturated heterocycles. The summed E-state index contributed by atoms with van der Waals surface area (Å²) in [5.41, 5.74) is 3.31. The van der Waals surface area contributed by atoms with Gasteiger partial charge in [-0.1, -0.05) is 0 Å². The average Bonchev–Trinajstić information content (AvgIpc) is 2.60. The van der Waals surface area contributed by atoms with E-state index in [2.05, 4.69) is 26.3 Å². The molecule has 1 unspecified atom stereocenters. The number of fused-ring (bicyclic) bond motifs is 1. The second-order valence-electron chi connectivity index (χ2n) is 6.68. The van der Waals surface area contributed by atoms with Crippen molar-refractivity contribution < 1.29 is 8.95 Å². The second kappa shape index (κ2) is 8.31. The van der Waals surface area contributed by atoms with Gasteiger partial charge in [0.25, 0.3) is 0 Å². The van der Waals surface area contributed by atoms with Crippen LogP contribution in [0, 0.1) is 18.3 Å². The number of hydrogen-bond acceptors (Lipinski definition) is 7. The molecule has 3 rings (SSSR count). The summed E-state index contributed by atoms with van der Waals surface area (Å²) in [5.74, 6) is 1.21. The maximum absolute atomic E-state index is 11.5. The first-order valence-electron chi connectivity index (χ1n) is 8.77. The molecule has 28 heavy (non-hydrogen) atoms. The van der Waals surface area contributed by atoms with E-state index < -0.39 is 10.8 Å². The van der Waals surface area contributed by atoms with Gasteiger partial charge in [0.1, 0.15) is 11.6 Å². The van der Waals surface area contributed by atoms with Gasteiger partial charge in [0.15, 0.2) is 5.75 Å². The summed E-state index contributed by atoms with van der Waals surface area (Å²) in [4.78, 5) is 13.3. The van der Waals surface area contributed by atoms with Crippen molar-refractivity contribution in [3.05, 3.63) is 47.4 Å². The quantitative estimate of drug-likeness (QED) is 0.680. The maximum Gasteiger partial charge on any atom is 0.227 e. The first kappa shape index (κ1) is 19.7. The predicted molar refractivity (Wildman–Crippen MR) is 110 cm³/mol. The van der Waals surface area contributed by atoms with E-state index in [-0.39, 0.29) is 6.10 Å². The molecule has 2 heterocycles. The van der Waals surface area contributed by atoms with Gasteiger partial charge in [0.05, 0.1) is 23.1 Å². The number of hydrogen-bond donors (Lipinski definition) is 1. The summed E-state index contributed by atoms with van der Waals surface area (Å²) in [7, 11) is -0.980. The smallest absolute Gasteiger partial charge is 0.227 e. The van der Waals surface area contributed by atoms with E-state index in [9.17, 15) is 9.47 Å². The van der Waals surface area contributed by atoms with E-state index >= 15 is 0 Å². The lowest BCUT2D eigenvalue weighted by Crippen LogP contribution is -2.08. The molecule has 0 saturated carbocycles. The van der Waals surface area contributed by atoms with Crippen molar-refractivity contribution in [2.45, 2.75) is 32.6 Å². The summed E-state index contributed by atoms with van der Waals surface area (Å²) in [6, 6.07) is 9.36. The molecule has 1 atom stereocenters. The summed E-state index contributed by atoms with van der Waals surface area (Å²) in [6.45, 7) is 5.68. The van der Waals surface area contributed by atoms with E-state index in [4.69, 9.17) is 4.74 Å². The van der Waals surface area contributed by atoms with Crippen LogP contribution >= 0.6 is 0 Å². The van der Waals surface area contributed by atoms with Gasteiger partial charge in [-0.05, 0) is 45.0 Å². The summed E-state index contributed by atoms with van der Waals surface area (Å²) in [5, 5.41) is 13.4. The fourth-order valence-corrected chi connectivity index (χ4v) is 3.36. The van der Waals surface area contributed by atoms with Crippen molar-refractivity contribution in [2.75, 3.05) is 11.6 Å². The van der Waals surface area contributed by atoms with Crippen LogP contribution in [0.1, 0.15) is 30.8 Å². The lowest BCUT2D eigenvalue weighted by atomic mass is 10.1. The topological polar surface area (TPSA) is 101 Å². The number of rotatable bonds is 6. The Morgan fingerprint density at radius 1 is 1.29 bits per heavy atom. The van der Waals surface area contributed by atoms with E-state index in [0.29, 0.717) is 28.5 Å². The minimum atomic E-state index is -0.980. The van der Waals surface area contributed by atoms with Crippen LogP contribution in [0.25, 0.3) is 10.9 Å². The van der Waals surface area contributed by atoms with Crippen LogP contribution < -0.4 is 10.1 Å². The molecule has 8 heteroatoms. The SMILES string of the molecule is Cc1cc(Nc2ncc3ccc(C#N)c(OC(C)C)c3n2)cc(CS(C)=O)n1. The van der Waals surface area contributed by atoms with Gasteiger partial charge in [0, 0.05) is 40.0 Å². The standard InChI is InChI=1S/C20H21N5O2S/c1-12(2)27-19-14(9-21)5-6-15-10-22-20(25-18(15)19)24-16-7-13(3)23-17(8-16)11-28(4)26/h5-8,10,12H,11H2,1-4H3,(H,22,23,24,25). The van der Waals surface area contributed by atoms with E-state index in [1.54, 1.807) is 24.6 Å². The number of aromatic nitrogens is 3. The second-order valence-corrected chi connectivity index (χ2v) is 8.12. The number of pyridine rings is 1. The normalized spacial score (nSPS) is 12.0. The molecule has 1 N–H and O–H groups in total. The lowest BCUT2D eigenvalue weighted by Gasteiger charge is -2.14. The number of anilines is 2. The molecular formula is C20H21N5O2S. The van der Waals surface area contributed by atoms with Crippen LogP contribution in [-0.2, 0) is 16.6 Å². The summed E-state index contributed by atoms with van der Waals surface area (Å²) >= 11 is 0. The molecule has 0 aliphatic carbocycles. The van der Waals surface area contributed by atoms with Crippen molar-refractivity contribution in [1.29, 1.82) is 5.26 Å². The molecular weight excluding hydrogens is 374 g/mol. The minimum Gasteiger partial charge on any atom is -0.487 e. The van der Waals surface area contributed by atoms with Crippen LogP contribution in [0.4, 0.5) is 11.6 Å². The largest absolute Gasteiger partial charge is 0.487 e. The molecule has 1 aromatic carbocycles. The Morgan fingerprint density at radius 2 is 2.07 bits per heavy atom. The van der Waals surface area contributed by atoms with Gasteiger partial charge < -0.3 is 10.1 Å². The third-order valence-corrected chi connectivity index (χ3v) is 4.50. The van der Waals surface area contributed by atoms with Crippen molar-refractivity contribution in [3.8, 4) is 11.8 Å². The Morgan fingerprint density at radius 3 is 2.75 bits per heavy atom. The van der Waals surface area contributed by atoms with E-state index in [1.165, 1.54) is 0 Å². The zero-order valence-electron chi connectivity index (χ0n) is 16.2. The highest BCUT2D eigenvalue weighted by molar-refractivity contribution is 7.83. The Balaban J connectivity index is 2.02. The molecule has 0 aliphatic heterocycles. The number of benzene rings is 1. The first-order chi connectivity index (χ1) is 13.4. The van der Waals surface area contributed by atoms with Crippen LogP contribution in [0.2, 0.25) is 0 Å². The number of ether oxygens (including phenoxy) is 1. The Bertz CT molecular complexity index is 1090. The number of nitriles is 1. The van der Waals surface area contributed by atoms with Crippen molar-refractivity contribution in [1.82, 2.24) is 15.0 Å². The maximum atomic E-state index is 11.5. The zero-order chi connectivity index (χ0) is 20.3. The molecule has 0 bridgehead atoms. The molecule has 7 nitrogen and oxygen atoms in total. The summed E-state index contributed by atoms with van der Waals surface area (Å²) in [6.07, 6.45) is 3.24. The van der Waals surface area contributed by atoms with Gasteiger partial charge in [0.2, 0.25) is 5.95 Å². The molecule has 0 radical (unpaired) electrons. The monoisotopic (exact) mass is 395 g/mol. The molecule has 3 aromatic rings. The highest BCUT2D eigenvalue weighted by atomic mass is 32.2. The van der Waals surface area contributed by atoms with Crippen molar-refractivity contribution in [2.24, 2.45) is 0 Å². The number of nitrogens with one attached hydrogen (secondary N) is 1. The van der Waals surface area contributed by atoms with E-state index in [0.717, 1.165) is 22.5 Å². The van der Waals surface area contributed by atoms with Crippen molar-refractivity contribution in [3.63, 3.8) is 0 Å². The molecule has 0 spiro atoms.